The van der Waals surface area contributed by atoms with E-state index in [-0.39, 0.29) is 10.5 Å². The summed E-state index contributed by atoms with van der Waals surface area (Å²) in [5.74, 6) is -1.55. The minimum absolute atomic E-state index is 0.0789. The minimum Gasteiger partial charge on any atom is -0.452 e. The smallest absolute Gasteiger partial charge is 0.344 e. The summed E-state index contributed by atoms with van der Waals surface area (Å²) in [5, 5.41) is 2.46. The molecule has 1 aromatic heterocycles. The third-order valence-corrected chi connectivity index (χ3v) is 5.12. The molecule has 0 atom stereocenters. The van der Waals surface area contributed by atoms with Crippen molar-refractivity contribution < 1.29 is 22.7 Å². The van der Waals surface area contributed by atoms with E-state index in [0.29, 0.717) is 5.69 Å². The molecule has 0 fully saturated rings. The van der Waals surface area contributed by atoms with Crippen molar-refractivity contribution in [1.29, 1.82) is 0 Å². The number of nitrogens with one attached hydrogen (secondary N) is 2. The van der Waals surface area contributed by atoms with Crippen molar-refractivity contribution in [2.45, 2.75) is 4.90 Å². The predicted molar refractivity (Wildman–Crippen MR) is 93.3 cm³/mol. The van der Waals surface area contributed by atoms with Crippen molar-refractivity contribution >= 4 is 27.6 Å². The number of benzene rings is 1. The molecule has 138 valence electrons. The highest BCUT2D eigenvalue weighted by Gasteiger charge is 2.17. The minimum atomic E-state index is -3.56. The lowest BCUT2D eigenvalue weighted by atomic mass is 10.3. The Bertz CT molecular complexity index is 964. The Hall–Kier alpha value is -2.98. The molecule has 0 spiro atoms. The zero-order valence-electron chi connectivity index (χ0n) is 14.1. The molecule has 0 aliphatic rings. The van der Waals surface area contributed by atoms with Gasteiger partial charge in [-0.25, -0.2) is 17.5 Å². The molecule has 2 aromatic rings. The first kappa shape index (κ1) is 19.3. The molecule has 0 saturated heterocycles. The van der Waals surface area contributed by atoms with E-state index in [0.717, 1.165) is 4.31 Å². The maximum atomic E-state index is 12.0. The summed E-state index contributed by atoms with van der Waals surface area (Å²) in [5.41, 5.74) is -0.490. The van der Waals surface area contributed by atoms with Crippen LogP contribution in [-0.4, -0.2) is 50.3 Å². The molecule has 0 saturated carbocycles. The van der Waals surface area contributed by atoms with Gasteiger partial charge in [0.15, 0.2) is 6.61 Å². The number of ether oxygens (including phenoxy) is 1. The summed E-state index contributed by atoms with van der Waals surface area (Å²) in [6.45, 7) is -0.592. The van der Waals surface area contributed by atoms with Gasteiger partial charge in [-0.3, -0.25) is 9.59 Å². The van der Waals surface area contributed by atoms with E-state index < -0.39 is 34.1 Å². The van der Waals surface area contributed by atoms with Crippen LogP contribution in [0.25, 0.3) is 0 Å². The topological polar surface area (TPSA) is 126 Å². The molecule has 1 heterocycles. The maximum Gasteiger partial charge on any atom is 0.344 e. The van der Waals surface area contributed by atoms with Crippen molar-refractivity contribution in [2.75, 3.05) is 26.0 Å². The van der Waals surface area contributed by atoms with Crippen LogP contribution in [0.5, 0.6) is 0 Å². The number of esters is 1. The van der Waals surface area contributed by atoms with Crippen LogP contribution < -0.4 is 10.9 Å². The summed E-state index contributed by atoms with van der Waals surface area (Å²) in [6.07, 6.45) is 1.37. The molecule has 26 heavy (non-hydrogen) atoms. The first-order valence-electron chi connectivity index (χ1n) is 7.39. The van der Waals surface area contributed by atoms with Gasteiger partial charge in [0, 0.05) is 26.0 Å². The van der Waals surface area contributed by atoms with E-state index in [1.807, 2.05) is 0 Å². The molecule has 0 aliphatic carbocycles. The van der Waals surface area contributed by atoms with Crippen molar-refractivity contribution in [3.63, 3.8) is 0 Å². The molecule has 1 amide bonds. The standard InChI is InChI=1S/C16H17N3O6S/c1-19(2)26(23,24)12-7-5-11(6-8-12)18-14(20)10-25-16(22)13-4-3-9-17-15(13)21/h3-9H,10H2,1-2H3,(H,17,21)(H,18,20). The quantitative estimate of drug-likeness (QED) is 0.701. The summed E-state index contributed by atoms with van der Waals surface area (Å²) < 4.78 is 29.8. The number of nitrogens with zero attached hydrogens (tertiary/aromatic N) is 1. The number of anilines is 1. The largest absolute Gasteiger partial charge is 0.452 e. The first-order chi connectivity index (χ1) is 12.2. The van der Waals surface area contributed by atoms with Gasteiger partial charge < -0.3 is 15.0 Å². The Morgan fingerprint density at radius 3 is 2.38 bits per heavy atom. The lowest BCUT2D eigenvalue weighted by Gasteiger charge is -2.12. The normalized spacial score (nSPS) is 11.2. The number of aromatic nitrogens is 1. The molecular weight excluding hydrogens is 362 g/mol. The van der Waals surface area contributed by atoms with Gasteiger partial charge in [-0.05, 0) is 36.4 Å². The summed E-state index contributed by atoms with van der Waals surface area (Å²) in [6, 6.07) is 8.27. The molecule has 2 rings (SSSR count). The number of rotatable bonds is 6. The van der Waals surface area contributed by atoms with E-state index in [2.05, 4.69) is 10.3 Å². The van der Waals surface area contributed by atoms with Gasteiger partial charge in [-0.15, -0.1) is 0 Å². The Labute approximate surface area is 149 Å². The van der Waals surface area contributed by atoms with Crippen molar-refractivity contribution in [1.82, 2.24) is 9.29 Å². The number of H-pyrrole nitrogens is 1. The molecule has 1 aromatic carbocycles. The lowest BCUT2D eigenvalue weighted by molar-refractivity contribution is -0.119. The monoisotopic (exact) mass is 379 g/mol. The number of hydrogen-bond donors (Lipinski definition) is 2. The molecule has 0 unspecified atom stereocenters. The average molecular weight is 379 g/mol. The third-order valence-electron chi connectivity index (χ3n) is 3.29. The van der Waals surface area contributed by atoms with Crippen LogP contribution in [0.2, 0.25) is 0 Å². The van der Waals surface area contributed by atoms with Gasteiger partial charge in [-0.2, -0.15) is 0 Å². The van der Waals surface area contributed by atoms with Crippen LogP contribution in [0.1, 0.15) is 10.4 Å². The van der Waals surface area contributed by atoms with E-state index in [1.54, 1.807) is 0 Å². The Kier molecular flexibility index (Phi) is 5.90. The van der Waals surface area contributed by atoms with Crippen molar-refractivity contribution in [3.8, 4) is 0 Å². The molecule has 10 heteroatoms. The second-order valence-corrected chi connectivity index (χ2v) is 7.50. The zero-order valence-corrected chi connectivity index (χ0v) is 14.9. The van der Waals surface area contributed by atoms with Gasteiger partial charge in [0.1, 0.15) is 5.56 Å². The molecule has 2 N–H and O–H groups in total. The lowest BCUT2D eigenvalue weighted by Crippen LogP contribution is -2.24. The van der Waals surface area contributed by atoms with E-state index in [9.17, 15) is 22.8 Å². The Morgan fingerprint density at radius 2 is 1.81 bits per heavy atom. The van der Waals surface area contributed by atoms with Crippen molar-refractivity contribution in [2.24, 2.45) is 0 Å². The number of amides is 1. The number of pyridine rings is 1. The molecule has 0 aliphatic heterocycles. The molecule has 0 radical (unpaired) electrons. The Morgan fingerprint density at radius 1 is 1.15 bits per heavy atom. The molecule has 9 nitrogen and oxygen atoms in total. The summed E-state index contributed by atoms with van der Waals surface area (Å²) in [4.78, 5) is 37.4. The van der Waals surface area contributed by atoms with E-state index >= 15 is 0 Å². The number of aromatic amines is 1. The summed E-state index contributed by atoms with van der Waals surface area (Å²) >= 11 is 0. The SMILES string of the molecule is CN(C)S(=O)(=O)c1ccc(NC(=O)COC(=O)c2ccc[nH]c2=O)cc1. The molecular formula is C16H17N3O6S. The number of carbonyl (C=O) groups is 2. The fourth-order valence-electron chi connectivity index (χ4n) is 1.91. The third kappa shape index (κ3) is 4.55. The van der Waals surface area contributed by atoms with E-state index in [1.165, 1.54) is 56.7 Å². The van der Waals surface area contributed by atoms with Crippen LogP contribution in [0.3, 0.4) is 0 Å². The highest BCUT2D eigenvalue weighted by molar-refractivity contribution is 7.89. The van der Waals surface area contributed by atoms with Gasteiger partial charge in [-0.1, -0.05) is 0 Å². The first-order valence-corrected chi connectivity index (χ1v) is 8.83. The second kappa shape index (κ2) is 7.93. The number of hydrogen-bond acceptors (Lipinski definition) is 6. The fourth-order valence-corrected chi connectivity index (χ4v) is 2.81. The predicted octanol–water partition coefficient (Wildman–Crippen LogP) is 0.421. The van der Waals surface area contributed by atoms with E-state index in [4.69, 9.17) is 4.74 Å². The van der Waals surface area contributed by atoms with Gasteiger partial charge in [0.2, 0.25) is 10.0 Å². The van der Waals surface area contributed by atoms with Gasteiger partial charge >= 0.3 is 5.97 Å². The number of sulfonamides is 1. The molecule has 0 bridgehead atoms. The van der Waals surface area contributed by atoms with Crippen LogP contribution >= 0.6 is 0 Å². The van der Waals surface area contributed by atoms with Crippen molar-refractivity contribution in [3.05, 3.63) is 58.5 Å². The van der Waals surface area contributed by atoms with Crippen LogP contribution in [-0.2, 0) is 19.6 Å². The average Bonchev–Trinajstić information content (AvgIpc) is 2.60. The number of carbonyl (C=O) groups excluding carboxylic acids is 2. The fraction of sp³-hybridized carbons (Fsp3) is 0.188. The van der Waals surface area contributed by atoms with Crippen LogP contribution in [0, 0.1) is 0 Å². The van der Waals surface area contributed by atoms with Crippen LogP contribution in [0.4, 0.5) is 5.69 Å². The highest BCUT2D eigenvalue weighted by Crippen LogP contribution is 2.16. The Balaban J connectivity index is 1.95. The summed E-state index contributed by atoms with van der Waals surface area (Å²) in [7, 11) is -0.732. The van der Waals surface area contributed by atoms with Gasteiger partial charge in [0.25, 0.3) is 11.5 Å². The second-order valence-electron chi connectivity index (χ2n) is 5.35. The van der Waals surface area contributed by atoms with Crippen LogP contribution in [0.15, 0.2) is 52.3 Å². The zero-order chi connectivity index (χ0) is 19.3. The highest BCUT2D eigenvalue weighted by atomic mass is 32.2. The van der Waals surface area contributed by atoms with Gasteiger partial charge in [0.05, 0.1) is 4.90 Å². The maximum absolute atomic E-state index is 12.0.